The number of sulfonamides is 1. The molecular formula is C12H22N4O2S. The number of nitrogens with zero attached hydrogens (tertiary/aromatic N) is 2. The normalized spacial score (nSPS) is 17.6. The van der Waals surface area contributed by atoms with Gasteiger partial charge in [0.25, 0.3) is 0 Å². The Bertz CT molecular complexity index is 508. The maximum Gasteiger partial charge on any atom is 0.243 e. The highest BCUT2D eigenvalue weighted by atomic mass is 32.2. The summed E-state index contributed by atoms with van der Waals surface area (Å²) in [6.45, 7) is 6.30. The minimum absolute atomic E-state index is 0.00936. The highest BCUT2D eigenvalue weighted by Gasteiger charge is 2.31. The zero-order valence-electron chi connectivity index (χ0n) is 11.5. The van der Waals surface area contributed by atoms with Crippen LogP contribution in [0.1, 0.15) is 26.7 Å². The molecular weight excluding hydrogens is 264 g/mol. The highest BCUT2D eigenvalue weighted by Crippen LogP contribution is 2.32. The second-order valence-corrected chi connectivity index (χ2v) is 6.75. The van der Waals surface area contributed by atoms with E-state index in [4.69, 9.17) is 0 Å². The van der Waals surface area contributed by atoms with Crippen LogP contribution in [0, 0.1) is 5.92 Å². The van der Waals surface area contributed by atoms with Gasteiger partial charge in [-0.05, 0) is 32.2 Å². The SMILES string of the molecule is CCNCCn1cc(S(=O)(=O)NC(C)C2CC2)cn1. The molecule has 108 valence electrons. The number of rotatable bonds is 8. The lowest BCUT2D eigenvalue weighted by Crippen LogP contribution is -2.33. The summed E-state index contributed by atoms with van der Waals surface area (Å²) in [4.78, 5) is 0.247. The smallest absolute Gasteiger partial charge is 0.243 e. The molecule has 0 bridgehead atoms. The van der Waals surface area contributed by atoms with Crippen LogP contribution in [0.3, 0.4) is 0 Å². The van der Waals surface area contributed by atoms with E-state index in [9.17, 15) is 8.42 Å². The largest absolute Gasteiger partial charge is 0.315 e. The Morgan fingerprint density at radius 3 is 2.89 bits per heavy atom. The van der Waals surface area contributed by atoms with Crippen LogP contribution in [0.5, 0.6) is 0 Å². The van der Waals surface area contributed by atoms with Gasteiger partial charge in [0.15, 0.2) is 0 Å². The predicted molar refractivity (Wildman–Crippen MR) is 73.3 cm³/mol. The topological polar surface area (TPSA) is 76.0 Å². The van der Waals surface area contributed by atoms with E-state index in [0.29, 0.717) is 12.5 Å². The monoisotopic (exact) mass is 286 g/mol. The molecule has 2 rings (SSSR count). The van der Waals surface area contributed by atoms with E-state index in [1.54, 1.807) is 10.9 Å². The Balaban J connectivity index is 1.95. The minimum Gasteiger partial charge on any atom is -0.315 e. The molecule has 19 heavy (non-hydrogen) atoms. The van der Waals surface area contributed by atoms with Crippen molar-refractivity contribution in [3.8, 4) is 0 Å². The average molecular weight is 286 g/mol. The van der Waals surface area contributed by atoms with Gasteiger partial charge < -0.3 is 5.32 Å². The fraction of sp³-hybridized carbons (Fsp3) is 0.750. The van der Waals surface area contributed by atoms with Gasteiger partial charge >= 0.3 is 0 Å². The van der Waals surface area contributed by atoms with Crippen LogP contribution < -0.4 is 10.0 Å². The van der Waals surface area contributed by atoms with E-state index in [0.717, 1.165) is 25.9 Å². The average Bonchev–Trinajstić information content (AvgIpc) is 3.09. The number of likely N-dealkylation sites (N-methyl/N-ethyl adjacent to an activating group) is 1. The second kappa shape index (κ2) is 6.02. The van der Waals surface area contributed by atoms with Gasteiger partial charge in [-0.2, -0.15) is 5.10 Å². The quantitative estimate of drug-likeness (QED) is 0.685. The van der Waals surface area contributed by atoms with Crippen LogP contribution in [0.2, 0.25) is 0 Å². The Kier molecular flexibility index (Phi) is 4.59. The first-order valence-electron chi connectivity index (χ1n) is 6.78. The predicted octanol–water partition coefficient (Wildman–Crippen LogP) is 0.569. The van der Waals surface area contributed by atoms with E-state index in [1.165, 1.54) is 6.20 Å². The van der Waals surface area contributed by atoms with Gasteiger partial charge in [0, 0.05) is 18.8 Å². The van der Waals surface area contributed by atoms with E-state index in [1.807, 2.05) is 13.8 Å². The van der Waals surface area contributed by atoms with Crippen LogP contribution >= 0.6 is 0 Å². The Hall–Kier alpha value is -0.920. The van der Waals surface area contributed by atoms with Gasteiger partial charge in [0.05, 0.1) is 12.7 Å². The van der Waals surface area contributed by atoms with Gasteiger partial charge in [-0.15, -0.1) is 0 Å². The molecule has 1 heterocycles. The molecule has 1 saturated carbocycles. The van der Waals surface area contributed by atoms with Crippen molar-refractivity contribution in [3.05, 3.63) is 12.4 Å². The van der Waals surface area contributed by atoms with Gasteiger partial charge in [-0.25, -0.2) is 13.1 Å². The molecule has 0 radical (unpaired) electrons. The third-order valence-corrected chi connectivity index (χ3v) is 4.87. The molecule has 1 aromatic heterocycles. The standard InChI is InChI=1S/C12H22N4O2S/c1-3-13-6-7-16-9-12(8-14-16)19(17,18)15-10(2)11-4-5-11/h8-11,13,15H,3-7H2,1-2H3. The Morgan fingerprint density at radius 1 is 1.53 bits per heavy atom. The molecule has 0 aliphatic heterocycles. The third kappa shape index (κ3) is 4.02. The van der Waals surface area contributed by atoms with Crippen molar-refractivity contribution in [2.24, 2.45) is 5.92 Å². The number of hydrogen-bond donors (Lipinski definition) is 2. The van der Waals surface area contributed by atoms with E-state index in [-0.39, 0.29) is 10.9 Å². The summed E-state index contributed by atoms with van der Waals surface area (Å²) < 4.78 is 28.6. The lowest BCUT2D eigenvalue weighted by Gasteiger charge is -2.11. The zero-order valence-corrected chi connectivity index (χ0v) is 12.3. The summed E-state index contributed by atoms with van der Waals surface area (Å²) in [6.07, 6.45) is 5.23. The molecule has 1 aliphatic carbocycles. The first kappa shape index (κ1) is 14.5. The summed E-state index contributed by atoms with van der Waals surface area (Å²) in [5.74, 6) is 0.499. The zero-order chi connectivity index (χ0) is 13.9. The van der Waals surface area contributed by atoms with Crippen molar-refractivity contribution >= 4 is 10.0 Å². The number of aromatic nitrogens is 2. The fourth-order valence-electron chi connectivity index (χ4n) is 1.98. The summed E-state index contributed by atoms with van der Waals surface area (Å²) in [7, 11) is -3.43. The van der Waals surface area contributed by atoms with Crippen molar-refractivity contribution in [2.75, 3.05) is 13.1 Å². The van der Waals surface area contributed by atoms with Gasteiger partial charge in [-0.3, -0.25) is 4.68 Å². The molecule has 0 aromatic carbocycles. The van der Waals surface area contributed by atoms with Crippen LogP contribution in [-0.4, -0.2) is 37.3 Å². The molecule has 0 saturated heterocycles. The molecule has 0 amide bonds. The molecule has 6 nitrogen and oxygen atoms in total. The molecule has 1 atom stereocenters. The molecule has 1 aromatic rings. The van der Waals surface area contributed by atoms with Crippen molar-refractivity contribution in [1.82, 2.24) is 19.8 Å². The molecule has 1 aliphatic rings. The minimum atomic E-state index is -3.43. The van der Waals surface area contributed by atoms with Crippen LogP contribution in [0.15, 0.2) is 17.3 Å². The van der Waals surface area contributed by atoms with Crippen molar-refractivity contribution in [1.29, 1.82) is 0 Å². The lowest BCUT2D eigenvalue weighted by molar-refractivity contribution is 0.537. The summed E-state index contributed by atoms with van der Waals surface area (Å²) in [5.41, 5.74) is 0. The van der Waals surface area contributed by atoms with Crippen LogP contribution in [-0.2, 0) is 16.6 Å². The van der Waals surface area contributed by atoms with Crippen LogP contribution in [0.25, 0.3) is 0 Å². The molecule has 1 fully saturated rings. The van der Waals surface area contributed by atoms with E-state index >= 15 is 0 Å². The molecule has 0 spiro atoms. The highest BCUT2D eigenvalue weighted by molar-refractivity contribution is 7.89. The van der Waals surface area contributed by atoms with Gasteiger partial charge in [-0.1, -0.05) is 6.92 Å². The third-order valence-electron chi connectivity index (χ3n) is 3.36. The van der Waals surface area contributed by atoms with Gasteiger partial charge in [0.2, 0.25) is 10.0 Å². The van der Waals surface area contributed by atoms with Crippen molar-refractivity contribution < 1.29 is 8.42 Å². The fourth-order valence-corrected chi connectivity index (χ4v) is 3.25. The lowest BCUT2D eigenvalue weighted by atomic mass is 10.2. The maximum atomic E-state index is 12.1. The molecule has 7 heteroatoms. The van der Waals surface area contributed by atoms with E-state index < -0.39 is 10.0 Å². The molecule has 2 N–H and O–H groups in total. The first-order chi connectivity index (χ1) is 9.03. The maximum absolute atomic E-state index is 12.1. The summed E-state index contributed by atoms with van der Waals surface area (Å²) in [6, 6.07) is 0.00936. The number of hydrogen-bond acceptors (Lipinski definition) is 4. The van der Waals surface area contributed by atoms with Gasteiger partial charge in [0.1, 0.15) is 4.90 Å². The van der Waals surface area contributed by atoms with Crippen molar-refractivity contribution in [3.63, 3.8) is 0 Å². The summed E-state index contributed by atoms with van der Waals surface area (Å²) >= 11 is 0. The molecule has 1 unspecified atom stereocenters. The van der Waals surface area contributed by atoms with Crippen molar-refractivity contribution in [2.45, 2.75) is 44.2 Å². The Labute approximate surface area is 114 Å². The number of nitrogens with one attached hydrogen (secondary N) is 2. The second-order valence-electron chi connectivity index (χ2n) is 5.04. The van der Waals surface area contributed by atoms with Crippen LogP contribution in [0.4, 0.5) is 0 Å². The summed E-state index contributed by atoms with van der Waals surface area (Å²) in [5, 5.41) is 7.25. The Morgan fingerprint density at radius 2 is 2.26 bits per heavy atom. The first-order valence-corrected chi connectivity index (χ1v) is 8.26. The van der Waals surface area contributed by atoms with E-state index in [2.05, 4.69) is 15.1 Å².